The first-order chi connectivity index (χ1) is 12.5. The molecule has 0 atom stereocenters. The maximum absolute atomic E-state index is 12.1. The smallest absolute Gasteiger partial charge is 0.319 e. The number of carbonyl (C=O) groups is 1. The van der Waals surface area contributed by atoms with Gasteiger partial charge in [0.15, 0.2) is 0 Å². The molecule has 5 nitrogen and oxygen atoms in total. The third kappa shape index (κ3) is 5.69. The second-order valence-corrected chi connectivity index (χ2v) is 6.22. The van der Waals surface area contributed by atoms with E-state index in [1.54, 1.807) is 0 Å². The molecule has 0 aliphatic carbocycles. The third-order valence-corrected chi connectivity index (χ3v) is 4.23. The lowest BCUT2D eigenvalue weighted by molar-refractivity contribution is 0.247. The molecule has 0 aliphatic heterocycles. The molecule has 0 aliphatic rings. The van der Waals surface area contributed by atoms with E-state index in [1.165, 1.54) is 5.69 Å². The number of nitrogens with one attached hydrogen (secondary N) is 2. The number of hydrogen-bond donors (Lipinski definition) is 2. The molecular formula is C21H29N3O2. The highest BCUT2D eigenvalue weighted by atomic mass is 16.5. The highest BCUT2D eigenvalue weighted by molar-refractivity contribution is 5.90. The van der Waals surface area contributed by atoms with Crippen molar-refractivity contribution in [3.63, 3.8) is 0 Å². The normalized spacial score (nSPS) is 10.3. The molecule has 2 rings (SSSR count). The van der Waals surface area contributed by atoms with Crippen LogP contribution in [0.25, 0.3) is 0 Å². The van der Waals surface area contributed by atoms with Gasteiger partial charge in [-0.05, 0) is 69.2 Å². The van der Waals surface area contributed by atoms with Crippen LogP contribution in [-0.2, 0) is 0 Å². The fraction of sp³-hybridized carbons (Fsp3) is 0.381. The van der Waals surface area contributed by atoms with Gasteiger partial charge in [-0.2, -0.15) is 0 Å². The summed E-state index contributed by atoms with van der Waals surface area (Å²) in [5.41, 5.74) is 4.18. The molecule has 0 bridgehead atoms. The molecule has 2 aromatic carbocycles. The Bertz CT molecular complexity index is 727. The van der Waals surface area contributed by atoms with E-state index in [0.717, 1.165) is 35.7 Å². The van der Waals surface area contributed by atoms with Crippen molar-refractivity contribution in [2.45, 2.75) is 27.7 Å². The Labute approximate surface area is 156 Å². The van der Waals surface area contributed by atoms with Gasteiger partial charge in [-0.1, -0.05) is 12.1 Å². The van der Waals surface area contributed by atoms with Gasteiger partial charge >= 0.3 is 6.03 Å². The predicted molar refractivity (Wildman–Crippen MR) is 108 cm³/mol. The molecule has 0 fully saturated rings. The first kappa shape index (κ1) is 19.6. The summed E-state index contributed by atoms with van der Waals surface area (Å²) in [7, 11) is 0. The molecule has 0 radical (unpaired) electrons. The second-order valence-electron chi connectivity index (χ2n) is 6.22. The zero-order valence-corrected chi connectivity index (χ0v) is 16.1. The summed E-state index contributed by atoms with van der Waals surface area (Å²) in [6.07, 6.45) is 0. The van der Waals surface area contributed by atoms with Gasteiger partial charge in [0.05, 0.1) is 6.54 Å². The van der Waals surface area contributed by atoms with Crippen molar-refractivity contribution in [3.05, 3.63) is 53.6 Å². The van der Waals surface area contributed by atoms with Crippen LogP contribution in [-0.4, -0.2) is 32.3 Å². The molecule has 140 valence electrons. The van der Waals surface area contributed by atoms with Crippen molar-refractivity contribution in [2.75, 3.05) is 36.5 Å². The van der Waals surface area contributed by atoms with Crippen LogP contribution in [0, 0.1) is 13.8 Å². The van der Waals surface area contributed by atoms with E-state index in [4.69, 9.17) is 4.74 Å². The minimum Gasteiger partial charge on any atom is -0.492 e. The summed E-state index contributed by atoms with van der Waals surface area (Å²) in [6, 6.07) is 13.7. The molecule has 0 saturated heterocycles. The van der Waals surface area contributed by atoms with Gasteiger partial charge < -0.3 is 20.3 Å². The van der Waals surface area contributed by atoms with Gasteiger partial charge in [0, 0.05) is 24.5 Å². The highest BCUT2D eigenvalue weighted by Crippen LogP contribution is 2.22. The van der Waals surface area contributed by atoms with E-state index in [9.17, 15) is 4.79 Å². The summed E-state index contributed by atoms with van der Waals surface area (Å²) >= 11 is 0. The number of anilines is 2. The molecule has 2 amide bonds. The standard InChI is InChI=1S/C21H29N3O2/c1-5-24(6-2)18-10-11-20(17(4)15-18)23-21(25)22-12-13-26-19-9-7-8-16(3)14-19/h7-11,14-15H,5-6,12-13H2,1-4H3,(H2,22,23,25). The van der Waals surface area contributed by atoms with Gasteiger partial charge in [0.25, 0.3) is 0 Å². The van der Waals surface area contributed by atoms with Crippen molar-refractivity contribution >= 4 is 17.4 Å². The predicted octanol–water partition coefficient (Wildman–Crippen LogP) is 4.35. The van der Waals surface area contributed by atoms with Crippen LogP contribution < -0.4 is 20.3 Å². The lowest BCUT2D eigenvalue weighted by Crippen LogP contribution is -2.32. The number of carbonyl (C=O) groups excluding carboxylic acids is 1. The van der Waals surface area contributed by atoms with Gasteiger partial charge in [-0.15, -0.1) is 0 Å². The van der Waals surface area contributed by atoms with E-state index in [1.807, 2.05) is 50.2 Å². The summed E-state index contributed by atoms with van der Waals surface area (Å²) in [5.74, 6) is 0.815. The number of benzene rings is 2. The van der Waals surface area contributed by atoms with Gasteiger partial charge in [-0.3, -0.25) is 0 Å². The van der Waals surface area contributed by atoms with Gasteiger partial charge in [-0.25, -0.2) is 4.79 Å². The Morgan fingerprint density at radius 2 is 1.85 bits per heavy atom. The van der Waals surface area contributed by atoms with E-state index in [0.29, 0.717) is 13.2 Å². The monoisotopic (exact) mass is 355 g/mol. The van der Waals surface area contributed by atoms with E-state index < -0.39 is 0 Å². The average molecular weight is 355 g/mol. The molecular weight excluding hydrogens is 326 g/mol. The molecule has 0 unspecified atom stereocenters. The Morgan fingerprint density at radius 3 is 2.50 bits per heavy atom. The van der Waals surface area contributed by atoms with E-state index in [2.05, 4.69) is 35.4 Å². The van der Waals surface area contributed by atoms with Crippen LogP contribution in [0.5, 0.6) is 5.75 Å². The largest absolute Gasteiger partial charge is 0.492 e. The first-order valence-electron chi connectivity index (χ1n) is 9.13. The van der Waals surface area contributed by atoms with Crippen molar-refractivity contribution in [3.8, 4) is 5.75 Å². The topological polar surface area (TPSA) is 53.6 Å². The first-order valence-corrected chi connectivity index (χ1v) is 9.13. The molecule has 5 heteroatoms. The molecule has 0 spiro atoms. The minimum atomic E-state index is -0.225. The molecule has 2 aromatic rings. The molecule has 0 aromatic heterocycles. The number of urea groups is 1. The lowest BCUT2D eigenvalue weighted by atomic mass is 10.1. The maximum Gasteiger partial charge on any atom is 0.319 e. The number of ether oxygens (including phenoxy) is 1. The summed E-state index contributed by atoms with van der Waals surface area (Å²) in [6.45, 7) is 11.1. The summed E-state index contributed by atoms with van der Waals surface area (Å²) in [4.78, 5) is 14.4. The number of amides is 2. The fourth-order valence-corrected chi connectivity index (χ4v) is 2.78. The van der Waals surface area contributed by atoms with Crippen molar-refractivity contribution < 1.29 is 9.53 Å². The quantitative estimate of drug-likeness (QED) is 0.692. The number of nitrogens with zero attached hydrogens (tertiary/aromatic N) is 1. The zero-order chi connectivity index (χ0) is 18.9. The Morgan fingerprint density at radius 1 is 1.08 bits per heavy atom. The van der Waals surface area contributed by atoms with Gasteiger partial charge in [0.2, 0.25) is 0 Å². The highest BCUT2D eigenvalue weighted by Gasteiger charge is 2.07. The third-order valence-electron chi connectivity index (χ3n) is 4.23. The van der Waals surface area contributed by atoms with Crippen molar-refractivity contribution in [1.29, 1.82) is 0 Å². The minimum absolute atomic E-state index is 0.225. The Kier molecular flexibility index (Phi) is 7.33. The number of hydrogen-bond acceptors (Lipinski definition) is 3. The van der Waals surface area contributed by atoms with Crippen LogP contribution >= 0.6 is 0 Å². The number of rotatable bonds is 8. The van der Waals surface area contributed by atoms with Gasteiger partial charge in [0.1, 0.15) is 12.4 Å². The molecule has 26 heavy (non-hydrogen) atoms. The van der Waals surface area contributed by atoms with Crippen LogP contribution in [0.15, 0.2) is 42.5 Å². The van der Waals surface area contributed by atoms with Crippen LogP contribution in [0.3, 0.4) is 0 Å². The Hall–Kier alpha value is -2.69. The number of aryl methyl sites for hydroxylation is 2. The second kappa shape index (κ2) is 9.70. The summed E-state index contributed by atoms with van der Waals surface area (Å²) in [5, 5.41) is 5.71. The lowest BCUT2D eigenvalue weighted by Gasteiger charge is -2.22. The Balaban J connectivity index is 1.80. The SMILES string of the molecule is CCN(CC)c1ccc(NC(=O)NCCOc2cccc(C)c2)c(C)c1. The van der Waals surface area contributed by atoms with Crippen LogP contribution in [0.4, 0.5) is 16.2 Å². The average Bonchev–Trinajstić information content (AvgIpc) is 2.62. The maximum atomic E-state index is 12.1. The molecule has 2 N–H and O–H groups in total. The zero-order valence-electron chi connectivity index (χ0n) is 16.1. The summed E-state index contributed by atoms with van der Waals surface area (Å²) < 4.78 is 5.63. The fourth-order valence-electron chi connectivity index (χ4n) is 2.78. The van der Waals surface area contributed by atoms with E-state index >= 15 is 0 Å². The van der Waals surface area contributed by atoms with Crippen molar-refractivity contribution in [1.82, 2.24) is 5.32 Å². The molecule has 0 saturated carbocycles. The van der Waals surface area contributed by atoms with Crippen LogP contribution in [0.1, 0.15) is 25.0 Å². The van der Waals surface area contributed by atoms with E-state index in [-0.39, 0.29) is 6.03 Å². The van der Waals surface area contributed by atoms with Crippen LogP contribution in [0.2, 0.25) is 0 Å². The van der Waals surface area contributed by atoms with Crippen molar-refractivity contribution in [2.24, 2.45) is 0 Å². The molecule has 0 heterocycles.